The SMILES string of the molecule is CCC[C@]12CC3CC(C(=O)N[C@@H]4CN5CCC4CC5)(C1)C[C@@](c1ccccc1)(C3)C2. The molecule has 7 aliphatic rings. The number of carbonyl (C=O) groups excluding carboxylic acids is 1. The summed E-state index contributed by atoms with van der Waals surface area (Å²) in [5.74, 6) is 1.86. The summed E-state index contributed by atoms with van der Waals surface area (Å²) in [5.41, 5.74) is 1.99. The third-order valence-electron chi connectivity index (χ3n) is 9.80. The van der Waals surface area contributed by atoms with E-state index in [4.69, 9.17) is 0 Å². The van der Waals surface area contributed by atoms with Gasteiger partial charge in [0.05, 0.1) is 5.41 Å². The maximum atomic E-state index is 14.0. The molecule has 1 N–H and O–H groups in total. The topological polar surface area (TPSA) is 32.3 Å². The van der Waals surface area contributed by atoms with Crippen molar-refractivity contribution in [1.29, 1.82) is 0 Å². The fraction of sp³-hybridized carbons (Fsp3) is 0.741. The Hall–Kier alpha value is -1.35. The first-order valence-corrected chi connectivity index (χ1v) is 12.6. The largest absolute Gasteiger partial charge is 0.351 e. The Labute approximate surface area is 182 Å². The lowest BCUT2D eigenvalue weighted by Crippen LogP contribution is -2.65. The highest BCUT2D eigenvalue weighted by atomic mass is 16.2. The van der Waals surface area contributed by atoms with Gasteiger partial charge in [-0.05, 0) is 99.1 Å². The second-order valence-electron chi connectivity index (χ2n) is 11.9. The van der Waals surface area contributed by atoms with Crippen LogP contribution in [-0.2, 0) is 10.2 Å². The van der Waals surface area contributed by atoms with Gasteiger partial charge in [0, 0.05) is 12.6 Å². The van der Waals surface area contributed by atoms with Crippen molar-refractivity contribution in [3.05, 3.63) is 35.9 Å². The van der Waals surface area contributed by atoms with Crippen molar-refractivity contribution in [2.45, 2.75) is 82.6 Å². The van der Waals surface area contributed by atoms with Crippen LogP contribution in [0.4, 0.5) is 0 Å². The highest BCUT2D eigenvalue weighted by Gasteiger charge is 2.65. The van der Waals surface area contributed by atoms with E-state index in [0.717, 1.165) is 31.7 Å². The number of piperidine rings is 3. The lowest BCUT2D eigenvalue weighted by molar-refractivity contribution is -0.165. The molecule has 1 aromatic carbocycles. The summed E-state index contributed by atoms with van der Waals surface area (Å²) in [6.45, 7) is 5.90. The number of hydrogen-bond donors (Lipinski definition) is 1. The number of carbonyl (C=O) groups is 1. The molecular weight excluding hydrogens is 368 g/mol. The molecule has 1 amide bonds. The van der Waals surface area contributed by atoms with Crippen molar-refractivity contribution >= 4 is 5.91 Å². The predicted molar refractivity (Wildman–Crippen MR) is 120 cm³/mol. The van der Waals surface area contributed by atoms with Gasteiger partial charge in [-0.15, -0.1) is 0 Å². The summed E-state index contributed by atoms with van der Waals surface area (Å²) in [6, 6.07) is 11.7. The van der Waals surface area contributed by atoms with Crippen LogP contribution in [-0.4, -0.2) is 36.5 Å². The van der Waals surface area contributed by atoms with Crippen LogP contribution in [0.25, 0.3) is 0 Å². The molecule has 3 saturated heterocycles. The van der Waals surface area contributed by atoms with E-state index in [9.17, 15) is 4.79 Å². The van der Waals surface area contributed by atoms with E-state index in [1.54, 1.807) is 0 Å². The Kier molecular flexibility index (Phi) is 4.40. The lowest BCUT2D eigenvalue weighted by Gasteiger charge is -2.66. The molecule has 4 aliphatic carbocycles. The molecule has 0 radical (unpaired) electrons. The number of nitrogens with one attached hydrogen (secondary N) is 1. The zero-order valence-corrected chi connectivity index (χ0v) is 18.7. The number of benzene rings is 1. The monoisotopic (exact) mass is 406 g/mol. The van der Waals surface area contributed by atoms with Gasteiger partial charge in [0.25, 0.3) is 0 Å². The first-order chi connectivity index (χ1) is 14.5. The number of hydrogen-bond acceptors (Lipinski definition) is 2. The standard InChI is InChI=1S/C27H38N2O/c1-2-10-25-13-20-14-26(17-25,22-6-4-3-5-7-22)19-27(15-20,18-25)24(30)28-23-16-29-11-8-21(23)9-12-29/h3-7,20-21,23H,2,8-19H2,1H3,(H,28,30)/t20?,23-,25-,26-,27?/m1/s1. The van der Waals surface area contributed by atoms with Crippen LogP contribution in [0.1, 0.15) is 76.7 Å². The van der Waals surface area contributed by atoms with Crippen molar-refractivity contribution in [3.8, 4) is 0 Å². The number of rotatable bonds is 5. The highest BCUT2D eigenvalue weighted by molar-refractivity contribution is 5.84. The molecule has 0 aromatic heterocycles. The van der Waals surface area contributed by atoms with E-state index < -0.39 is 0 Å². The predicted octanol–water partition coefficient (Wildman–Crippen LogP) is 4.91. The summed E-state index contributed by atoms with van der Waals surface area (Å²) in [6.07, 6.45) is 12.4. The Morgan fingerprint density at radius 3 is 2.57 bits per heavy atom. The van der Waals surface area contributed by atoms with E-state index in [-0.39, 0.29) is 10.8 Å². The van der Waals surface area contributed by atoms with Crippen molar-refractivity contribution in [2.24, 2.45) is 22.7 Å². The van der Waals surface area contributed by atoms with E-state index >= 15 is 0 Å². The van der Waals surface area contributed by atoms with Crippen LogP contribution >= 0.6 is 0 Å². The molecular formula is C27H38N2O. The summed E-state index contributed by atoms with van der Waals surface area (Å²) in [4.78, 5) is 16.6. The molecule has 162 valence electrons. The third kappa shape index (κ3) is 2.91. The fourth-order valence-corrected chi connectivity index (χ4v) is 9.26. The second kappa shape index (κ2) is 6.82. The Bertz CT molecular complexity index is 815. The Morgan fingerprint density at radius 1 is 1.07 bits per heavy atom. The molecule has 3 heterocycles. The minimum absolute atomic E-state index is 0.129. The quantitative estimate of drug-likeness (QED) is 0.754. The van der Waals surface area contributed by atoms with Crippen LogP contribution in [0.15, 0.2) is 30.3 Å². The normalized spacial score (nSPS) is 46.2. The van der Waals surface area contributed by atoms with Crippen molar-refractivity contribution in [1.82, 2.24) is 10.2 Å². The summed E-state index contributed by atoms with van der Waals surface area (Å²) in [7, 11) is 0. The first-order valence-electron chi connectivity index (χ1n) is 12.6. The van der Waals surface area contributed by atoms with Gasteiger partial charge in [0.1, 0.15) is 0 Å². The molecule has 3 heteroatoms. The van der Waals surface area contributed by atoms with Crippen molar-refractivity contribution in [3.63, 3.8) is 0 Å². The number of nitrogens with zero attached hydrogens (tertiary/aromatic N) is 1. The average molecular weight is 407 g/mol. The number of fused-ring (bicyclic) bond motifs is 3. The molecule has 3 aliphatic heterocycles. The molecule has 3 nitrogen and oxygen atoms in total. The smallest absolute Gasteiger partial charge is 0.226 e. The van der Waals surface area contributed by atoms with Crippen molar-refractivity contribution in [2.75, 3.05) is 19.6 Å². The Balaban J connectivity index is 1.33. The highest BCUT2D eigenvalue weighted by Crippen LogP contribution is 2.71. The molecule has 8 rings (SSSR count). The van der Waals surface area contributed by atoms with Gasteiger partial charge >= 0.3 is 0 Å². The molecule has 7 fully saturated rings. The average Bonchev–Trinajstić information content (AvgIpc) is 2.74. The zero-order chi connectivity index (χ0) is 20.4. The maximum Gasteiger partial charge on any atom is 0.226 e. The fourth-order valence-electron chi connectivity index (χ4n) is 9.26. The minimum Gasteiger partial charge on any atom is -0.351 e. The van der Waals surface area contributed by atoms with E-state index in [1.165, 1.54) is 63.6 Å². The molecule has 2 unspecified atom stereocenters. The lowest BCUT2D eigenvalue weighted by atomic mass is 9.37. The Morgan fingerprint density at radius 2 is 1.87 bits per heavy atom. The first kappa shape index (κ1) is 19.3. The third-order valence-corrected chi connectivity index (χ3v) is 9.80. The van der Waals surface area contributed by atoms with Gasteiger partial charge in [0.2, 0.25) is 5.91 Å². The summed E-state index contributed by atoms with van der Waals surface area (Å²) >= 11 is 0. The molecule has 6 bridgehead atoms. The van der Waals surface area contributed by atoms with Crippen LogP contribution in [0.5, 0.6) is 0 Å². The number of amides is 1. The molecule has 1 aromatic rings. The molecule has 5 atom stereocenters. The second-order valence-corrected chi connectivity index (χ2v) is 11.9. The van der Waals surface area contributed by atoms with Gasteiger partial charge in [-0.3, -0.25) is 4.79 Å². The van der Waals surface area contributed by atoms with Crippen LogP contribution in [0.2, 0.25) is 0 Å². The van der Waals surface area contributed by atoms with Gasteiger partial charge in [-0.1, -0.05) is 43.7 Å². The molecule has 30 heavy (non-hydrogen) atoms. The zero-order valence-electron chi connectivity index (χ0n) is 18.7. The van der Waals surface area contributed by atoms with Gasteiger partial charge < -0.3 is 10.2 Å². The van der Waals surface area contributed by atoms with Gasteiger partial charge in [-0.25, -0.2) is 0 Å². The summed E-state index contributed by atoms with van der Waals surface area (Å²) in [5, 5.41) is 3.65. The summed E-state index contributed by atoms with van der Waals surface area (Å²) < 4.78 is 0. The van der Waals surface area contributed by atoms with Crippen LogP contribution in [0.3, 0.4) is 0 Å². The molecule has 0 spiro atoms. The van der Waals surface area contributed by atoms with E-state index in [0.29, 0.717) is 23.3 Å². The van der Waals surface area contributed by atoms with Crippen LogP contribution < -0.4 is 5.32 Å². The van der Waals surface area contributed by atoms with E-state index in [2.05, 4.69) is 47.5 Å². The van der Waals surface area contributed by atoms with Gasteiger partial charge in [-0.2, -0.15) is 0 Å². The minimum atomic E-state index is -0.129. The van der Waals surface area contributed by atoms with Crippen LogP contribution in [0, 0.1) is 22.7 Å². The molecule has 4 saturated carbocycles. The maximum absolute atomic E-state index is 14.0. The van der Waals surface area contributed by atoms with Crippen molar-refractivity contribution < 1.29 is 4.79 Å². The van der Waals surface area contributed by atoms with E-state index in [1.807, 2.05) is 0 Å². The van der Waals surface area contributed by atoms with Gasteiger partial charge in [0.15, 0.2) is 0 Å².